The van der Waals surface area contributed by atoms with Crippen LogP contribution in [0, 0.1) is 11.3 Å². The number of rotatable bonds is 14. The first-order chi connectivity index (χ1) is 25.9. The van der Waals surface area contributed by atoms with Crippen LogP contribution in [0.4, 0.5) is 4.79 Å². The van der Waals surface area contributed by atoms with E-state index in [1.54, 1.807) is 0 Å². The highest BCUT2D eigenvalue weighted by molar-refractivity contribution is 8.00. The van der Waals surface area contributed by atoms with Crippen molar-refractivity contribution in [3.05, 3.63) is 77.7 Å². The zero-order valence-electron chi connectivity index (χ0n) is 31.3. The number of allylic oxidation sites excluding steroid dienone is 1. The second-order valence-corrected chi connectivity index (χ2v) is 18.6. The highest BCUT2D eigenvalue weighted by Crippen LogP contribution is 2.69. The Morgan fingerprint density at radius 1 is 1.02 bits per heavy atom. The van der Waals surface area contributed by atoms with Gasteiger partial charge in [0, 0.05) is 47.8 Å². The number of amides is 3. The molecule has 8 nitrogen and oxygen atoms in total. The number of urea groups is 1. The van der Waals surface area contributed by atoms with E-state index in [1.165, 1.54) is 46.7 Å². The summed E-state index contributed by atoms with van der Waals surface area (Å²) in [5, 5.41) is 16.0. The summed E-state index contributed by atoms with van der Waals surface area (Å²) in [5.41, 5.74) is 4.18. The molecule has 282 valence electrons. The van der Waals surface area contributed by atoms with Crippen molar-refractivity contribution in [2.24, 2.45) is 11.3 Å². The third kappa shape index (κ3) is 6.56. The van der Waals surface area contributed by atoms with Gasteiger partial charge in [0.05, 0.1) is 23.3 Å². The van der Waals surface area contributed by atoms with Crippen molar-refractivity contribution in [1.29, 1.82) is 0 Å². The Balaban J connectivity index is 0.703. The molecule has 0 radical (unpaired) electrons. The van der Waals surface area contributed by atoms with Crippen LogP contribution in [0.25, 0.3) is 10.8 Å². The van der Waals surface area contributed by atoms with Crippen molar-refractivity contribution in [3.63, 3.8) is 0 Å². The molecule has 4 N–H and O–H groups in total. The molecular formula is C44H57N5O3S. The molecule has 9 rings (SSSR count). The highest BCUT2D eigenvalue weighted by Gasteiger charge is 2.66. The van der Waals surface area contributed by atoms with E-state index in [1.807, 2.05) is 24.2 Å². The number of ether oxygens (including phenoxy) is 1. The van der Waals surface area contributed by atoms with Crippen LogP contribution in [0.3, 0.4) is 0 Å². The number of unbranched alkanes of at least 4 members (excludes halogenated alkanes) is 4. The molecule has 3 aliphatic carbocycles. The summed E-state index contributed by atoms with van der Waals surface area (Å²) in [6.07, 6.45) is 28.6. The predicted molar refractivity (Wildman–Crippen MR) is 213 cm³/mol. The van der Waals surface area contributed by atoms with Gasteiger partial charge in [0.1, 0.15) is 0 Å². The lowest BCUT2D eigenvalue weighted by atomic mass is 9.58. The smallest absolute Gasteiger partial charge is 0.315 e. The maximum atomic E-state index is 12.4. The molecule has 1 aromatic carbocycles. The molecule has 4 fully saturated rings. The summed E-state index contributed by atoms with van der Waals surface area (Å²) in [7, 11) is 0. The molecule has 2 spiro atoms. The van der Waals surface area contributed by atoms with Gasteiger partial charge in [0.15, 0.2) is 0 Å². The molecule has 4 aliphatic heterocycles. The lowest BCUT2D eigenvalue weighted by Crippen LogP contribution is -2.54. The Hall–Kier alpha value is -3.14. The summed E-state index contributed by atoms with van der Waals surface area (Å²) >= 11 is 1.94. The fourth-order valence-electron chi connectivity index (χ4n) is 11.6. The SMILES string of the molecule is C[C@]12CC=C3C=C4C=C[C@@H](NCCCCCCNC(=O)CCCC[C@@H]5SC[C@@H]6NC(=O)N[C@@H]65)C[C@]45CC[C@]3(O5)[C@@H]1CC[C@@H]2c1ccc2ccncc2c1. The minimum absolute atomic E-state index is 0.0310. The van der Waals surface area contributed by atoms with E-state index in [2.05, 4.69) is 81.7 Å². The molecule has 1 aromatic heterocycles. The average molecular weight is 736 g/mol. The van der Waals surface area contributed by atoms with E-state index >= 15 is 0 Å². The Labute approximate surface area is 319 Å². The number of hydrogen-bond donors (Lipinski definition) is 4. The first-order valence-electron chi connectivity index (χ1n) is 20.7. The third-order valence-electron chi connectivity index (χ3n) is 14.3. The fourth-order valence-corrected chi connectivity index (χ4v) is 13.1. The van der Waals surface area contributed by atoms with Crippen molar-refractivity contribution in [1.82, 2.24) is 26.3 Å². The number of carbonyl (C=O) groups excluding carboxylic acids is 2. The summed E-state index contributed by atoms with van der Waals surface area (Å²) in [4.78, 5) is 28.4. The van der Waals surface area contributed by atoms with Crippen molar-refractivity contribution in [2.45, 2.75) is 137 Å². The number of thioether (sulfide) groups is 1. The number of fused-ring (bicyclic) bond motifs is 3. The van der Waals surface area contributed by atoms with E-state index in [-0.39, 0.29) is 40.6 Å². The summed E-state index contributed by atoms with van der Waals surface area (Å²) < 4.78 is 7.52. The molecule has 7 aliphatic rings. The quantitative estimate of drug-likeness (QED) is 0.118. The number of nitrogens with zero attached hydrogens (tertiary/aromatic N) is 1. The molecule has 2 aromatic rings. The molecule has 0 unspecified atom stereocenters. The standard InChI is InChI=1S/C44H57N5O3S/c1-42-18-16-33-25-32-12-13-34(46-21-6-2-3-7-22-47-39(50)9-5-4-8-37-40-36(28-53-37)48-41(51)49-40)26-43(32)19-20-44(33,52-43)38(42)15-14-35(42)30-11-10-29-17-23-45-27-31(29)24-30/h10-13,16-17,23-25,27,34-38,40,46H,2-9,14-15,18-22,26,28H2,1H3,(H,47,50)(H2,48,49,51)/t34-,35-,36+,37+,38-,40+,42-,43-,44-/m1/s1. The fraction of sp³-hybridized carbons (Fsp3) is 0.614. The molecule has 53 heavy (non-hydrogen) atoms. The maximum absolute atomic E-state index is 12.4. The van der Waals surface area contributed by atoms with Gasteiger partial charge in [0.2, 0.25) is 5.91 Å². The van der Waals surface area contributed by atoms with Crippen molar-refractivity contribution < 1.29 is 14.3 Å². The molecular weight excluding hydrogens is 679 g/mol. The van der Waals surface area contributed by atoms with Crippen molar-refractivity contribution >= 4 is 34.5 Å². The molecule has 9 atom stereocenters. The van der Waals surface area contributed by atoms with Crippen LogP contribution in [-0.2, 0) is 9.53 Å². The number of hydrogen-bond acceptors (Lipinski definition) is 6. The Bertz CT molecular complexity index is 1830. The number of aromatic nitrogens is 1. The topological polar surface area (TPSA) is 104 Å². The highest BCUT2D eigenvalue weighted by atomic mass is 32.2. The molecule has 9 heteroatoms. The Morgan fingerprint density at radius 2 is 1.92 bits per heavy atom. The van der Waals surface area contributed by atoms with Crippen LogP contribution in [0.15, 0.2) is 72.1 Å². The normalized spacial score (nSPS) is 36.2. The van der Waals surface area contributed by atoms with Gasteiger partial charge in [-0.3, -0.25) is 9.78 Å². The third-order valence-corrected chi connectivity index (χ3v) is 15.8. The number of pyridine rings is 1. The monoisotopic (exact) mass is 735 g/mol. The van der Waals surface area contributed by atoms with Crippen molar-refractivity contribution in [2.75, 3.05) is 18.8 Å². The van der Waals surface area contributed by atoms with Gasteiger partial charge >= 0.3 is 6.03 Å². The molecule has 5 heterocycles. The van der Waals surface area contributed by atoms with Gasteiger partial charge in [-0.15, -0.1) is 0 Å². The minimum Gasteiger partial charge on any atom is -0.359 e. The molecule has 3 amide bonds. The molecule has 2 bridgehead atoms. The second kappa shape index (κ2) is 14.5. The number of nitrogens with one attached hydrogen (secondary N) is 4. The van der Waals surface area contributed by atoms with Crippen LogP contribution in [0.1, 0.15) is 108 Å². The zero-order chi connectivity index (χ0) is 36.0. The lowest BCUT2D eigenvalue weighted by molar-refractivity contribution is -0.129. The second-order valence-electron chi connectivity index (χ2n) is 17.4. The van der Waals surface area contributed by atoms with Crippen LogP contribution >= 0.6 is 11.8 Å². The van der Waals surface area contributed by atoms with E-state index < -0.39 is 0 Å². The molecule has 1 saturated carbocycles. The summed E-state index contributed by atoms with van der Waals surface area (Å²) in [6.45, 7) is 4.34. The van der Waals surface area contributed by atoms with Gasteiger partial charge in [-0.1, -0.05) is 62.6 Å². The van der Waals surface area contributed by atoms with E-state index in [0.29, 0.717) is 29.5 Å². The van der Waals surface area contributed by atoms with Gasteiger partial charge in [-0.05, 0) is 122 Å². The number of benzene rings is 1. The summed E-state index contributed by atoms with van der Waals surface area (Å²) in [6, 6.07) is 10.0. The minimum atomic E-state index is -0.170. The van der Waals surface area contributed by atoms with Gasteiger partial charge in [-0.2, -0.15) is 11.8 Å². The summed E-state index contributed by atoms with van der Waals surface area (Å²) in [5.74, 6) is 2.23. The average Bonchev–Trinajstić information content (AvgIpc) is 3.91. The van der Waals surface area contributed by atoms with Crippen LogP contribution in [-0.4, -0.2) is 70.3 Å². The first kappa shape index (κ1) is 35.6. The van der Waals surface area contributed by atoms with Crippen LogP contribution in [0.2, 0.25) is 0 Å². The lowest BCUT2D eigenvalue weighted by Gasteiger charge is -2.53. The van der Waals surface area contributed by atoms with Gasteiger partial charge < -0.3 is 26.0 Å². The predicted octanol–water partition coefficient (Wildman–Crippen LogP) is 7.61. The first-order valence-corrected chi connectivity index (χ1v) is 21.7. The van der Waals surface area contributed by atoms with Crippen LogP contribution in [0.5, 0.6) is 0 Å². The van der Waals surface area contributed by atoms with E-state index in [0.717, 1.165) is 83.1 Å². The Kier molecular flexibility index (Phi) is 9.73. The molecule has 3 saturated heterocycles. The largest absolute Gasteiger partial charge is 0.359 e. The van der Waals surface area contributed by atoms with Gasteiger partial charge in [-0.25, -0.2) is 4.79 Å². The van der Waals surface area contributed by atoms with Gasteiger partial charge in [0.25, 0.3) is 0 Å². The maximum Gasteiger partial charge on any atom is 0.315 e. The van der Waals surface area contributed by atoms with E-state index in [9.17, 15) is 9.59 Å². The number of carbonyl (C=O) groups is 2. The zero-order valence-corrected chi connectivity index (χ0v) is 32.2. The van der Waals surface area contributed by atoms with E-state index in [4.69, 9.17) is 4.74 Å². The van der Waals surface area contributed by atoms with Crippen molar-refractivity contribution in [3.8, 4) is 0 Å². The Morgan fingerprint density at radius 3 is 2.85 bits per heavy atom. The van der Waals surface area contributed by atoms with Crippen LogP contribution < -0.4 is 21.3 Å².